The molecule has 0 saturated carbocycles. The van der Waals surface area contributed by atoms with E-state index >= 15 is 0 Å². The van der Waals surface area contributed by atoms with Gasteiger partial charge in [0.25, 0.3) is 0 Å². The van der Waals surface area contributed by atoms with Crippen molar-refractivity contribution in [2.75, 3.05) is 0 Å². The van der Waals surface area contributed by atoms with Crippen molar-refractivity contribution in [1.29, 1.82) is 5.26 Å². The molecule has 0 radical (unpaired) electrons. The zero-order valence-corrected chi connectivity index (χ0v) is 14.7. The molecule has 0 aliphatic heterocycles. The van der Waals surface area contributed by atoms with Crippen LogP contribution in [0.2, 0.25) is 5.02 Å². The number of aromatic hydroxyl groups is 1. The summed E-state index contributed by atoms with van der Waals surface area (Å²) in [4.78, 5) is 27.4. The molecular weight excluding hydrogens is 368 g/mol. The molecule has 0 atom stereocenters. The van der Waals surface area contributed by atoms with E-state index in [1.54, 1.807) is 42.5 Å². The molecule has 7 heteroatoms. The van der Waals surface area contributed by atoms with Gasteiger partial charge in [-0.3, -0.25) is 9.59 Å². The quantitative estimate of drug-likeness (QED) is 0.642. The highest BCUT2D eigenvalue weighted by atomic mass is 35.5. The molecule has 0 unspecified atom stereocenters. The number of halogens is 1. The van der Waals surface area contributed by atoms with Crippen LogP contribution in [0.1, 0.15) is 28.9 Å². The lowest BCUT2D eigenvalue weighted by atomic mass is 9.97. The molecule has 27 heavy (non-hydrogen) atoms. The molecule has 0 fully saturated rings. The smallest absolute Gasteiger partial charge is 0.303 e. The predicted octanol–water partition coefficient (Wildman–Crippen LogP) is 4.18. The highest BCUT2D eigenvalue weighted by molar-refractivity contribution is 6.30. The average Bonchev–Trinajstić information content (AvgIpc) is 2.66. The Bertz CT molecular complexity index is 1100. The molecule has 2 aromatic carbocycles. The molecule has 0 amide bonds. The number of aromatic nitrogens is 1. The number of aliphatic carboxylic acids is 1. The van der Waals surface area contributed by atoms with Crippen LogP contribution in [-0.2, 0) is 4.79 Å². The third-order valence-electron chi connectivity index (χ3n) is 4.09. The van der Waals surface area contributed by atoms with Crippen LogP contribution in [0.15, 0.2) is 42.5 Å². The molecule has 1 aromatic heterocycles. The minimum atomic E-state index is -1.13. The fraction of sp³-hybridized carbons (Fsp3) is 0.100. The van der Waals surface area contributed by atoms with E-state index in [1.807, 2.05) is 6.07 Å². The molecule has 0 aliphatic rings. The second kappa shape index (κ2) is 7.44. The Morgan fingerprint density at radius 2 is 1.81 bits per heavy atom. The fourth-order valence-corrected chi connectivity index (χ4v) is 2.91. The van der Waals surface area contributed by atoms with Crippen molar-refractivity contribution in [2.24, 2.45) is 0 Å². The van der Waals surface area contributed by atoms with Crippen molar-refractivity contribution in [1.82, 2.24) is 4.98 Å². The number of benzene rings is 2. The van der Waals surface area contributed by atoms with Crippen molar-refractivity contribution in [3.63, 3.8) is 0 Å². The summed E-state index contributed by atoms with van der Waals surface area (Å²) in [6, 6.07) is 14.0. The van der Waals surface area contributed by atoms with Crippen molar-refractivity contribution < 1.29 is 19.8 Å². The van der Waals surface area contributed by atoms with E-state index in [0.29, 0.717) is 21.5 Å². The second-order valence-corrected chi connectivity index (χ2v) is 6.26. The molecule has 2 N–H and O–H groups in total. The van der Waals surface area contributed by atoms with Crippen molar-refractivity contribution in [3.05, 3.63) is 58.7 Å². The van der Waals surface area contributed by atoms with Crippen LogP contribution in [0.5, 0.6) is 5.75 Å². The second-order valence-electron chi connectivity index (χ2n) is 5.82. The number of rotatable bonds is 5. The minimum absolute atomic E-state index is 0.0745. The largest absolute Gasteiger partial charge is 0.504 e. The third kappa shape index (κ3) is 3.59. The zero-order valence-electron chi connectivity index (χ0n) is 13.9. The number of Topliss-reactive ketones (excluding diaryl/α,β-unsaturated/α-hetero) is 1. The van der Waals surface area contributed by atoms with Gasteiger partial charge in [-0.25, -0.2) is 4.98 Å². The van der Waals surface area contributed by atoms with Gasteiger partial charge in [-0.15, -0.1) is 0 Å². The number of ketones is 1. The molecule has 3 rings (SSSR count). The van der Waals surface area contributed by atoms with E-state index in [9.17, 15) is 20.0 Å². The number of carbonyl (C=O) groups excluding carboxylic acids is 1. The van der Waals surface area contributed by atoms with Crippen LogP contribution in [0.4, 0.5) is 0 Å². The summed E-state index contributed by atoms with van der Waals surface area (Å²) >= 11 is 5.93. The number of carbonyl (C=O) groups is 2. The number of para-hydroxylation sites is 1. The molecule has 0 saturated heterocycles. The first-order chi connectivity index (χ1) is 12.9. The maximum absolute atomic E-state index is 12.4. The first-order valence-corrected chi connectivity index (χ1v) is 8.37. The number of hydrogen-bond acceptors (Lipinski definition) is 5. The summed E-state index contributed by atoms with van der Waals surface area (Å²) in [5.41, 5.74) is 1.42. The molecule has 6 nitrogen and oxygen atoms in total. The zero-order chi connectivity index (χ0) is 19.6. The Hall–Kier alpha value is -3.43. The summed E-state index contributed by atoms with van der Waals surface area (Å²) < 4.78 is 0. The maximum Gasteiger partial charge on any atom is 0.303 e. The van der Waals surface area contributed by atoms with E-state index in [4.69, 9.17) is 16.7 Å². The standard InChI is InChI=1S/C20H13ClN2O4/c21-12-6-4-11(5-7-12)13-2-1-3-14-15(10-22)20(27)19(23-18(13)14)16(24)8-9-17(25)26/h1-7,27H,8-9H2,(H,25,26). The molecule has 3 aromatic rings. The molecule has 0 aliphatic carbocycles. The Morgan fingerprint density at radius 1 is 1.11 bits per heavy atom. The van der Waals surface area contributed by atoms with Crippen LogP contribution >= 0.6 is 11.6 Å². The fourth-order valence-electron chi connectivity index (χ4n) is 2.79. The number of hydrogen-bond donors (Lipinski definition) is 2. The van der Waals surface area contributed by atoms with Crippen LogP contribution < -0.4 is 0 Å². The third-order valence-corrected chi connectivity index (χ3v) is 4.34. The number of carboxylic acid groups (broad SMARTS) is 1. The van der Waals surface area contributed by atoms with Gasteiger partial charge in [0.1, 0.15) is 17.3 Å². The Labute approximate surface area is 159 Å². The summed E-state index contributed by atoms with van der Waals surface area (Å²) in [6.07, 6.45) is -0.714. The van der Waals surface area contributed by atoms with Crippen LogP contribution in [-0.4, -0.2) is 26.9 Å². The van der Waals surface area contributed by atoms with Crippen molar-refractivity contribution in [3.8, 4) is 22.9 Å². The van der Waals surface area contributed by atoms with Crippen molar-refractivity contribution in [2.45, 2.75) is 12.8 Å². The highest BCUT2D eigenvalue weighted by Crippen LogP contribution is 2.35. The van der Waals surface area contributed by atoms with E-state index in [-0.39, 0.29) is 17.7 Å². The Morgan fingerprint density at radius 3 is 2.44 bits per heavy atom. The van der Waals surface area contributed by atoms with Gasteiger partial charge in [0.2, 0.25) is 0 Å². The van der Waals surface area contributed by atoms with Gasteiger partial charge < -0.3 is 10.2 Å². The Kier molecular flexibility index (Phi) is 5.06. The highest BCUT2D eigenvalue weighted by Gasteiger charge is 2.22. The van der Waals surface area contributed by atoms with Gasteiger partial charge in [0, 0.05) is 22.4 Å². The van der Waals surface area contributed by atoms with Gasteiger partial charge in [-0.05, 0) is 17.7 Å². The van der Waals surface area contributed by atoms with Gasteiger partial charge in [0.05, 0.1) is 11.9 Å². The normalized spacial score (nSPS) is 10.5. The first kappa shape index (κ1) is 18.4. The monoisotopic (exact) mass is 380 g/mol. The molecule has 0 spiro atoms. The van der Waals surface area contributed by atoms with Crippen molar-refractivity contribution >= 4 is 34.3 Å². The summed E-state index contributed by atoms with van der Waals surface area (Å²) in [5, 5.41) is 29.6. The maximum atomic E-state index is 12.4. The number of pyridine rings is 1. The molecule has 134 valence electrons. The van der Waals surface area contributed by atoms with E-state index in [0.717, 1.165) is 5.56 Å². The summed E-state index contributed by atoms with van der Waals surface area (Å²) in [6.45, 7) is 0. The van der Waals surface area contributed by atoms with Crippen LogP contribution in [0.25, 0.3) is 22.0 Å². The SMILES string of the molecule is N#Cc1c(O)c(C(=O)CCC(=O)O)nc2c(-c3ccc(Cl)cc3)cccc12. The number of carboxylic acids is 1. The molecule has 0 bridgehead atoms. The van der Waals surface area contributed by atoms with E-state index < -0.39 is 23.9 Å². The number of nitrogens with zero attached hydrogens (tertiary/aromatic N) is 2. The van der Waals surface area contributed by atoms with Gasteiger partial charge >= 0.3 is 5.97 Å². The van der Waals surface area contributed by atoms with E-state index in [2.05, 4.69) is 4.98 Å². The predicted molar refractivity (Wildman–Crippen MR) is 99.8 cm³/mol. The lowest BCUT2D eigenvalue weighted by molar-refractivity contribution is -0.136. The van der Waals surface area contributed by atoms with Gasteiger partial charge in [0.15, 0.2) is 11.5 Å². The first-order valence-electron chi connectivity index (χ1n) is 7.99. The van der Waals surface area contributed by atoms with Gasteiger partial charge in [-0.1, -0.05) is 41.9 Å². The lowest BCUT2D eigenvalue weighted by Gasteiger charge is -2.11. The summed E-state index contributed by atoms with van der Waals surface area (Å²) in [5.74, 6) is -2.31. The molecular formula is C20H13ClN2O4. The molecule has 1 heterocycles. The van der Waals surface area contributed by atoms with Crippen LogP contribution in [0.3, 0.4) is 0 Å². The Balaban J connectivity index is 2.24. The van der Waals surface area contributed by atoms with E-state index in [1.165, 1.54) is 0 Å². The topological polar surface area (TPSA) is 111 Å². The van der Waals surface area contributed by atoms with Crippen LogP contribution in [0, 0.1) is 11.3 Å². The summed E-state index contributed by atoms with van der Waals surface area (Å²) in [7, 11) is 0. The minimum Gasteiger partial charge on any atom is -0.504 e. The van der Waals surface area contributed by atoms with Gasteiger partial charge in [-0.2, -0.15) is 5.26 Å². The average molecular weight is 381 g/mol. The number of nitriles is 1. The number of fused-ring (bicyclic) bond motifs is 1. The lowest BCUT2D eigenvalue weighted by Crippen LogP contribution is -2.08.